The number of hydrazone groups is 1. The molecule has 0 aromatic heterocycles. The molecule has 1 radical (unpaired) electrons. The van der Waals surface area contributed by atoms with Crippen LogP contribution in [0.25, 0.3) is 0 Å². The molecule has 0 aliphatic rings. The minimum Gasteiger partial charge on any atom is -0.405 e. The van der Waals surface area contributed by atoms with Gasteiger partial charge >= 0.3 is 12.5 Å². The molecule has 1 rings (SSSR count). The molecule has 1 N–H and O–H groups in total. The van der Waals surface area contributed by atoms with Crippen molar-refractivity contribution in [3.8, 4) is 5.75 Å². The maximum atomic E-state index is 11.8. The standard InChI is InChI=1S/C9H5F6N2O/c10-8(11,12)5-16-17-6-2-1-3-7(4-6)18-9(13,14)15/h1-2,4-5,17H. The average molecular weight is 271 g/mol. The fraction of sp³-hybridized carbons (Fsp3) is 0.222. The lowest BCUT2D eigenvalue weighted by molar-refractivity contribution is -0.274. The summed E-state index contributed by atoms with van der Waals surface area (Å²) in [7, 11) is 0. The molecule has 0 atom stereocenters. The van der Waals surface area contributed by atoms with E-state index in [9.17, 15) is 26.3 Å². The third-order valence-corrected chi connectivity index (χ3v) is 1.41. The summed E-state index contributed by atoms with van der Waals surface area (Å²) >= 11 is 0. The number of hydrogen-bond acceptors (Lipinski definition) is 3. The molecule has 1 aromatic rings. The maximum Gasteiger partial charge on any atom is 0.573 e. The van der Waals surface area contributed by atoms with E-state index in [0.29, 0.717) is 0 Å². The number of nitrogens with one attached hydrogen (secondary N) is 1. The Labute approximate surface area is 97.0 Å². The molecule has 0 amide bonds. The summed E-state index contributed by atoms with van der Waals surface area (Å²) in [4.78, 5) is 0. The number of rotatable bonds is 3. The largest absolute Gasteiger partial charge is 0.573 e. The van der Waals surface area contributed by atoms with E-state index in [-0.39, 0.29) is 11.9 Å². The Morgan fingerprint density at radius 1 is 1.22 bits per heavy atom. The SMILES string of the molecule is FC(F)(F)C=NNc1cc[c]c(OC(F)(F)F)c1. The summed E-state index contributed by atoms with van der Waals surface area (Å²) in [5.74, 6) is -0.685. The number of anilines is 1. The van der Waals surface area contributed by atoms with Crippen LogP contribution in [0.4, 0.5) is 32.0 Å². The number of hydrogen-bond donors (Lipinski definition) is 1. The average Bonchev–Trinajstić information content (AvgIpc) is 2.13. The van der Waals surface area contributed by atoms with Crippen molar-refractivity contribution in [1.29, 1.82) is 0 Å². The lowest BCUT2D eigenvalue weighted by Crippen LogP contribution is -2.17. The van der Waals surface area contributed by atoms with Gasteiger partial charge in [0.05, 0.1) is 5.69 Å². The summed E-state index contributed by atoms with van der Waals surface area (Å²) in [6, 6.07) is 5.15. The van der Waals surface area contributed by atoms with Crippen molar-refractivity contribution in [2.75, 3.05) is 5.43 Å². The normalized spacial score (nSPS) is 12.8. The van der Waals surface area contributed by atoms with Crippen molar-refractivity contribution in [2.45, 2.75) is 12.5 Å². The number of nitrogens with zero attached hydrogens (tertiary/aromatic N) is 1. The lowest BCUT2D eigenvalue weighted by Gasteiger charge is -2.09. The van der Waals surface area contributed by atoms with Gasteiger partial charge in [0.25, 0.3) is 0 Å². The van der Waals surface area contributed by atoms with Crippen LogP contribution in [0.2, 0.25) is 0 Å². The van der Waals surface area contributed by atoms with Crippen molar-refractivity contribution < 1.29 is 31.1 Å². The van der Waals surface area contributed by atoms with Gasteiger partial charge in [-0.3, -0.25) is 5.43 Å². The number of alkyl halides is 6. The second-order valence-electron chi connectivity index (χ2n) is 2.90. The minimum absolute atomic E-state index is 0.103. The fourth-order valence-corrected chi connectivity index (χ4v) is 0.878. The van der Waals surface area contributed by atoms with Crippen LogP contribution in [0.1, 0.15) is 0 Å². The summed E-state index contributed by atoms with van der Waals surface area (Å²) < 4.78 is 74.1. The van der Waals surface area contributed by atoms with Crippen molar-refractivity contribution in [3.63, 3.8) is 0 Å². The van der Waals surface area contributed by atoms with Crippen molar-refractivity contribution in [2.24, 2.45) is 5.10 Å². The third kappa shape index (κ3) is 5.97. The molecule has 3 nitrogen and oxygen atoms in total. The smallest absolute Gasteiger partial charge is 0.405 e. The van der Waals surface area contributed by atoms with Gasteiger partial charge in [-0.1, -0.05) is 0 Å². The van der Waals surface area contributed by atoms with Crippen molar-refractivity contribution in [1.82, 2.24) is 0 Å². The van der Waals surface area contributed by atoms with Crippen molar-refractivity contribution in [3.05, 3.63) is 24.3 Å². The highest BCUT2D eigenvalue weighted by atomic mass is 19.4. The number of benzene rings is 1. The van der Waals surface area contributed by atoms with Crippen LogP contribution in [0.15, 0.2) is 23.3 Å². The number of ether oxygens (including phenoxy) is 1. The van der Waals surface area contributed by atoms with Crippen LogP contribution < -0.4 is 10.2 Å². The fourth-order valence-electron chi connectivity index (χ4n) is 0.878. The Kier molecular flexibility index (Phi) is 4.04. The molecule has 1 aromatic carbocycles. The predicted octanol–water partition coefficient (Wildman–Crippen LogP) is 3.35. The first kappa shape index (κ1) is 14.1. The van der Waals surface area contributed by atoms with E-state index in [2.05, 4.69) is 15.9 Å². The van der Waals surface area contributed by atoms with E-state index >= 15 is 0 Å². The first-order valence-electron chi connectivity index (χ1n) is 4.30. The van der Waals surface area contributed by atoms with Gasteiger partial charge in [0, 0.05) is 12.1 Å². The topological polar surface area (TPSA) is 33.6 Å². The predicted molar refractivity (Wildman–Crippen MR) is 50.1 cm³/mol. The molecule has 99 valence electrons. The lowest BCUT2D eigenvalue weighted by atomic mass is 10.3. The monoisotopic (exact) mass is 271 g/mol. The van der Waals surface area contributed by atoms with Crippen LogP contribution >= 0.6 is 0 Å². The van der Waals surface area contributed by atoms with Gasteiger partial charge in [0.1, 0.15) is 12.0 Å². The first-order chi connectivity index (χ1) is 8.16. The van der Waals surface area contributed by atoms with E-state index in [1.54, 1.807) is 0 Å². The minimum atomic E-state index is -4.90. The van der Waals surface area contributed by atoms with E-state index in [0.717, 1.165) is 12.1 Å². The molecule has 0 fully saturated rings. The quantitative estimate of drug-likeness (QED) is 0.519. The highest BCUT2D eigenvalue weighted by molar-refractivity contribution is 5.65. The van der Waals surface area contributed by atoms with E-state index in [1.807, 2.05) is 5.43 Å². The van der Waals surface area contributed by atoms with Crippen LogP contribution in [0.5, 0.6) is 5.75 Å². The van der Waals surface area contributed by atoms with E-state index < -0.39 is 18.3 Å². The Morgan fingerprint density at radius 3 is 2.44 bits per heavy atom. The summed E-state index contributed by atoms with van der Waals surface area (Å²) in [6.45, 7) is 0. The summed E-state index contributed by atoms with van der Waals surface area (Å²) in [5.41, 5.74) is 1.81. The molecule has 0 aliphatic carbocycles. The van der Waals surface area contributed by atoms with Crippen LogP contribution in [-0.4, -0.2) is 18.8 Å². The molecule has 0 unspecified atom stereocenters. The first-order valence-corrected chi connectivity index (χ1v) is 4.30. The van der Waals surface area contributed by atoms with Gasteiger partial charge < -0.3 is 4.74 Å². The van der Waals surface area contributed by atoms with Gasteiger partial charge in [0.2, 0.25) is 0 Å². The van der Waals surface area contributed by atoms with Gasteiger partial charge in [-0.15, -0.1) is 13.2 Å². The summed E-state index contributed by atoms with van der Waals surface area (Å²) in [5, 5.41) is 2.80. The molecule has 0 saturated carbocycles. The van der Waals surface area contributed by atoms with Crippen LogP contribution in [0.3, 0.4) is 0 Å². The van der Waals surface area contributed by atoms with Crippen molar-refractivity contribution >= 4 is 11.9 Å². The Morgan fingerprint density at radius 2 is 1.89 bits per heavy atom. The molecule has 18 heavy (non-hydrogen) atoms. The zero-order chi connectivity index (χ0) is 13.8. The van der Waals surface area contributed by atoms with Gasteiger partial charge in [-0.2, -0.15) is 18.3 Å². The van der Waals surface area contributed by atoms with Gasteiger partial charge in [-0.25, -0.2) is 0 Å². The molecule has 0 aliphatic heterocycles. The molecule has 0 spiro atoms. The molecule has 9 heteroatoms. The Hall–Kier alpha value is -1.93. The van der Waals surface area contributed by atoms with E-state index in [1.165, 1.54) is 6.07 Å². The highest BCUT2D eigenvalue weighted by Gasteiger charge is 2.31. The third-order valence-electron chi connectivity index (χ3n) is 1.41. The van der Waals surface area contributed by atoms with Crippen LogP contribution in [-0.2, 0) is 0 Å². The highest BCUT2D eigenvalue weighted by Crippen LogP contribution is 2.24. The Balaban J connectivity index is 2.68. The maximum absolute atomic E-state index is 11.8. The zero-order valence-corrected chi connectivity index (χ0v) is 8.43. The zero-order valence-electron chi connectivity index (χ0n) is 8.43. The van der Waals surface area contributed by atoms with E-state index in [4.69, 9.17) is 0 Å². The second kappa shape index (κ2) is 5.15. The molecular weight excluding hydrogens is 266 g/mol. The van der Waals surface area contributed by atoms with Gasteiger partial charge in [0.15, 0.2) is 0 Å². The summed E-state index contributed by atoms with van der Waals surface area (Å²) in [6.07, 6.45) is -9.85. The number of halogens is 6. The molecular formula is C9H5F6N2O. The Bertz CT molecular complexity index is 426. The van der Waals surface area contributed by atoms with Gasteiger partial charge in [-0.05, 0) is 12.1 Å². The molecule has 0 saturated heterocycles. The second-order valence-corrected chi connectivity index (χ2v) is 2.90. The molecule has 0 heterocycles. The van der Waals surface area contributed by atoms with Crippen LogP contribution in [0, 0.1) is 6.07 Å². The molecule has 0 bridgehead atoms.